The monoisotopic (exact) mass is 485 g/mol. The van der Waals surface area contributed by atoms with Gasteiger partial charge in [0.25, 0.3) is 0 Å². The average molecular weight is 486 g/mol. The van der Waals surface area contributed by atoms with Crippen molar-refractivity contribution in [3.8, 4) is 5.75 Å². The van der Waals surface area contributed by atoms with Crippen LogP contribution in [0.3, 0.4) is 0 Å². The molecule has 0 saturated carbocycles. The Hall–Kier alpha value is -0.980. The van der Waals surface area contributed by atoms with E-state index < -0.39 is 0 Å². The summed E-state index contributed by atoms with van der Waals surface area (Å²) in [7, 11) is 0. The van der Waals surface area contributed by atoms with Crippen molar-refractivity contribution < 1.29 is 5.11 Å². The van der Waals surface area contributed by atoms with Crippen LogP contribution in [0.4, 0.5) is 0 Å². The van der Waals surface area contributed by atoms with Gasteiger partial charge >= 0.3 is 0 Å². The Morgan fingerprint density at radius 2 is 0.886 bits per heavy atom. The molecular weight excluding hydrogens is 424 g/mol. The van der Waals surface area contributed by atoms with Crippen molar-refractivity contribution in [2.75, 3.05) is 0 Å². The lowest BCUT2D eigenvalue weighted by Gasteiger charge is -2.25. The first-order valence-electron chi connectivity index (χ1n) is 15.6. The lowest BCUT2D eigenvalue weighted by Crippen LogP contribution is -2.13. The first-order valence-corrected chi connectivity index (χ1v) is 15.6. The molecule has 0 aliphatic heterocycles. The smallest absolute Gasteiger partial charge is 0.185 e. The van der Waals surface area contributed by atoms with E-state index in [1.807, 2.05) is 0 Å². The van der Waals surface area contributed by atoms with Gasteiger partial charge in [-0.25, -0.2) is 0 Å². The minimum absolute atomic E-state index is 0.0770. The average Bonchev–Trinajstić information content (AvgIpc) is 2.81. The van der Waals surface area contributed by atoms with Crippen molar-refractivity contribution >= 4 is 0 Å². The summed E-state index contributed by atoms with van der Waals surface area (Å²) in [6.07, 6.45) is 23.8. The normalized spacial score (nSPS) is 13.8. The van der Waals surface area contributed by atoms with Gasteiger partial charge < -0.3 is 0 Å². The highest BCUT2D eigenvalue weighted by molar-refractivity contribution is 5.48. The van der Waals surface area contributed by atoms with Gasteiger partial charge in [0, 0.05) is 11.1 Å². The van der Waals surface area contributed by atoms with Crippen LogP contribution in [0, 0.1) is 0 Å². The first-order chi connectivity index (χ1) is 16.7. The van der Waals surface area contributed by atoms with Crippen LogP contribution in [-0.2, 0) is 10.5 Å². The Morgan fingerprint density at radius 3 is 1.20 bits per heavy atom. The summed E-state index contributed by atoms with van der Waals surface area (Å²) >= 11 is 0. The summed E-state index contributed by atoms with van der Waals surface area (Å²) in [6, 6.07) is 4.51. The van der Waals surface area contributed by atoms with Crippen molar-refractivity contribution in [2.24, 2.45) is 0 Å². The van der Waals surface area contributed by atoms with E-state index >= 15 is 0 Å². The van der Waals surface area contributed by atoms with Crippen molar-refractivity contribution in [2.45, 2.75) is 181 Å². The maximum atomic E-state index is 13.6. The van der Waals surface area contributed by atoms with Crippen LogP contribution in [-0.4, -0.2) is 0 Å². The number of benzene rings is 1. The molecule has 0 fully saturated rings. The summed E-state index contributed by atoms with van der Waals surface area (Å²) in [4.78, 5) is 0. The van der Waals surface area contributed by atoms with E-state index in [2.05, 4.69) is 60.6 Å². The Bertz CT molecular complexity index is 606. The summed E-state index contributed by atoms with van der Waals surface area (Å²) in [5.74, 6) is 1.06. The van der Waals surface area contributed by atoms with E-state index in [9.17, 15) is 5.11 Å². The lowest BCUT2D eigenvalue weighted by atomic mass is 9.79. The van der Waals surface area contributed by atoms with Crippen LogP contribution in [0.25, 0.3) is 0 Å². The van der Waals surface area contributed by atoms with Gasteiger partial charge in [0.1, 0.15) is 0 Å². The van der Waals surface area contributed by atoms with E-state index in [4.69, 9.17) is 0 Å². The van der Waals surface area contributed by atoms with Gasteiger partial charge in [0.2, 0.25) is 0 Å². The SMILES string of the molecule is CCCCCCCCCCC(C)c1cc(C(C)(C)C)cc(C(C)CCCCCCCCCC)c1[O]. The molecule has 0 aromatic heterocycles. The van der Waals surface area contributed by atoms with Gasteiger partial charge in [0.15, 0.2) is 5.75 Å². The molecule has 1 heteroatoms. The first kappa shape index (κ1) is 32.0. The quantitative estimate of drug-likeness (QED) is 0.164. The van der Waals surface area contributed by atoms with Crippen molar-refractivity contribution in [3.05, 3.63) is 28.8 Å². The van der Waals surface area contributed by atoms with Gasteiger partial charge in [-0.2, -0.15) is 0 Å². The number of unbranched alkanes of at least 4 members (excludes halogenated alkanes) is 14. The molecule has 0 bridgehead atoms. The van der Waals surface area contributed by atoms with E-state index in [-0.39, 0.29) is 5.41 Å². The molecule has 2 atom stereocenters. The highest BCUT2D eigenvalue weighted by Crippen LogP contribution is 2.41. The van der Waals surface area contributed by atoms with Crippen LogP contribution >= 0.6 is 0 Å². The van der Waals surface area contributed by atoms with Crippen LogP contribution in [0.1, 0.15) is 193 Å². The minimum Gasteiger partial charge on any atom is -0.289 e. The molecule has 0 N–H and O–H groups in total. The molecule has 1 aromatic carbocycles. The molecule has 203 valence electrons. The summed E-state index contributed by atoms with van der Waals surface area (Å²) in [5.41, 5.74) is 3.58. The maximum Gasteiger partial charge on any atom is 0.185 e. The molecule has 0 heterocycles. The zero-order valence-corrected chi connectivity index (χ0v) is 24.9. The Labute approximate surface area is 220 Å². The third-order valence-electron chi connectivity index (χ3n) is 8.06. The van der Waals surface area contributed by atoms with E-state index in [0.717, 1.165) is 24.0 Å². The molecule has 0 spiro atoms. The van der Waals surface area contributed by atoms with Crippen molar-refractivity contribution in [1.82, 2.24) is 0 Å². The Kier molecular flexibility index (Phi) is 16.8. The van der Waals surface area contributed by atoms with Gasteiger partial charge in [-0.15, -0.1) is 0 Å². The van der Waals surface area contributed by atoms with Crippen LogP contribution in [0.2, 0.25) is 0 Å². The fraction of sp³-hybridized carbons (Fsp3) is 0.824. The molecule has 1 aromatic rings. The topological polar surface area (TPSA) is 19.9 Å². The minimum atomic E-state index is 0.0770. The molecule has 1 rings (SSSR count). The molecule has 2 unspecified atom stereocenters. The van der Waals surface area contributed by atoms with E-state index in [0.29, 0.717) is 17.6 Å². The number of hydrogen-bond donors (Lipinski definition) is 0. The van der Waals surface area contributed by atoms with Gasteiger partial charge in [-0.3, -0.25) is 5.11 Å². The highest BCUT2D eigenvalue weighted by atomic mass is 16.3. The standard InChI is InChI=1S/C34H61O/c1-8-10-12-14-16-18-20-22-24-28(3)31-26-30(34(5,6)7)27-32(33(31)35)29(4)25-23-21-19-17-15-13-11-9-2/h26-29H,8-25H2,1-7H3. The Morgan fingerprint density at radius 1 is 0.571 bits per heavy atom. The summed E-state index contributed by atoms with van der Waals surface area (Å²) in [6.45, 7) is 16.0. The van der Waals surface area contributed by atoms with E-state index in [1.165, 1.54) is 108 Å². The third kappa shape index (κ3) is 13.2. The molecule has 1 nitrogen and oxygen atoms in total. The highest BCUT2D eigenvalue weighted by Gasteiger charge is 2.24. The molecule has 0 aliphatic carbocycles. The largest absolute Gasteiger partial charge is 0.289 e. The maximum absolute atomic E-state index is 13.6. The van der Waals surface area contributed by atoms with Gasteiger partial charge in [0.05, 0.1) is 0 Å². The van der Waals surface area contributed by atoms with Gasteiger partial charge in [-0.05, 0) is 35.7 Å². The molecule has 0 saturated heterocycles. The molecular formula is C34H61O. The zero-order valence-electron chi connectivity index (χ0n) is 24.9. The van der Waals surface area contributed by atoms with E-state index in [1.54, 1.807) is 0 Å². The zero-order chi connectivity index (χ0) is 26.1. The fourth-order valence-electron chi connectivity index (χ4n) is 5.32. The van der Waals surface area contributed by atoms with Crippen LogP contribution in [0.15, 0.2) is 12.1 Å². The molecule has 35 heavy (non-hydrogen) atoms. The number of rotatable bonds is 20. The molecule has 1 radical (unpaired) electrons. The second-order valence-corrected chi connectivity index (χ2v) is 12.6. The predicted molar refractivity (Wildman–Crippen MR) is 157 cm³/mol. The second kappa shape index (κ2) is 18.3. The van der Waals surface area contributed by atoms with Crippen LogP contribution in [0.5, 0.6) is 5.75 Å². The van der Waals surface area contributed by atoms with Crippen molar-refractivity contribution in [1.29, 1.82) is 0 Å². The van der Waals surface area contributed by atoms with Gasteiger partial charge in [-0.1, -0.05) is 163 Å². The predicted octanol–water partition coefficient (Wildman–Crippen LogP) is 12.4. The third-order valence-corrected chi connectivity index (χ3v) is 8.06. The molecule has 0 aliphatic rings. The summed E-state index contributed by atoms with van der Waals surface area (Å²) in [5, 5.41) is 13.6. The number of hydrogen-bond acceptors (Lipinski definition) is 0. The molecule has 0 amide bonds. The second-order valence-electron chi connectivity index (χ2n) is 12.6. The lowest BCUT2D eigenvalue weighted by molar-refractivity contribution is 0.336. The summed E-state index contributed by atoms with van der Waals surface area (Å²) < 4.78 is 0. The Balaban J connectivity index is 2.67. The van der Waals surface area contributed by atoms with Crippen LogP contribution < -0.4 is 0 Å². The van der Waals surface area contributed by atoms with Crippen molar-refractivity contribution in [3.63, 3.8) is 0 Å². The fourth-order valence-corrected chi connectivity index (χ4v) is 5.32.